The Morgan fingerprint density at radius 3 is 2.13 bits per heavy atom. The molecule has 1 aliphatic heterocycles. The van der Waals surface area contributed by atoms with Crippen LogP contribution in [0.4, 0.5) is 0 Å². The zero-order chi connectivity index (χ0) is 21.2. The summed E-state index contributed by atoms with van der Waals surface area (Å²) in [7, 11) is -3.91. The molecule has 0 radical (unpaired) electrons. The Labute approximate surface area is 176 Å². The molecule has 3 aromatic rings. The zero-order valence-electron chi connectivity index (χ0n) is 16.6. The average Bonchev–Trinajstić information content (AvgIpc) is 2.96. The van der Waals surface area contributed by atoms with Crippen LogP contribution in [0, 0.1) is 6.92 Å². The molecule has 1 aliphatic rings. The number of hydrogen-bond donors (Lipinski definition) is 1. The van der Waals surface area contributed by atoms with Crippen LogP contribution < -0.4 is 0 Å². The Morgan fingerprint density at radius 1 is 0.900 bits per heavy atom. The Balaban J connectivity index is 1.81. The summed E-state index contributed by atoms with van der Waals surface area (Å²) in [5.74, 6) is 0.387. The monoisotopic (exact) mass is 421 g/mol. The number of aliphatic hydroxyl groups is 1. The lowest BCUT2D eigenvalue weighted by atomic mass is 9.95. The van der Waals surface area contributed by atoms with E-state index < -0.39 is 15.6 Å². The Bertz CT molecular complexity index is 1140. The van der Waals surface area contributed by atoms with Crippen LogP contribution in [-0.2, 0) is 20.4 Å². The van der Waals surface area contributed by atoms with E-state index in [0.29, 0.717) is 11.3 Å². The van der Waals surface area contributed by atoms with Crippen molar-refractivity contribution in [2.45, 2.75) is 17.4 Å². The molecule has 3 aromatic carbocycles. The molecule has 0 amide bonds. The van der Waals surface area contributed by atoms with Crippen molar-refractivity contribution >= 4 is 15.8 Å². The van der Waals surface area contributed by atoms with Crippen LogP contribution in [0.5, 0.6) is 0 Å². The summed E-state index contributed by atoms with van der Waals surface area (Å²) in [5, 5.41) is 11.4. The largest absolute Gasteiger partial charge is 0.488 e. The molecule has 0 aromatic heterocycles. The quantitative estimate of drug-likeness (QED) is 0.694. The number of sulfonamides is 1. The van der Waals surface area contributed by atoms with Gasteiger partial charge in [0, 0.05) is 5.56 Å². The van der Waals surface area contributed by atoms with E-state index in [1.807, 2.05) is 55.5 Å². The number of β-amino-alcohol motifs (C(OH)–C–C–N with tert-alkyl or cyclic N) is 1. The molecule has 0 bridgehead atoms. The summed E-state index contributed by atoms with van der Waals surface area (Å²) in [6.45, 7) is 1.67. The lowest BCUT2D eigenvalue weighted by Crippen LogP contribution is -2.42. The van der Waals surface area contributed by atoms with Crippen LogP contribution in [0.25, 0.3) is 5.76 Å². The number of rotatable bonds is 4. The summed E-state index contributed by atoms with van der Waals surface area (Å²) in [4.78, 5) is 0.161. The molecule has 0 saturated heterocycles. The average molecular weight is 422 g/mol. The van der Waals surface area contributed by atoms with Crippen molar-refractivity contribution in [3.63, 3.8) is 0 Å². The van der Waals surface area contributed by atoms with Crippen molar-refractivity contribution in [1.29, 1.82) is 0 Å². The van der Waals surface area contributed by atoms with Crippen molar-refractivity contribution < 1.29 is 18.3 Å². The Hall–Kier alpha value is -3.09. The van der Waals surface area contributed by atoms with E-state index in [2.05, 4.69) is 0 Å². The first-order chi connectivity index (χ1) is 14.4. The van der Waals surface area contributed by atoms with Crippen LogP contribution in [0.2, 0.25) is 0 Å². The Kier molecular flexibility index (Phi) is 5.37. The summed E-state index contributed by atoms with van der Waals surface area (Å²) in [6.07, 6.45) is 1.46. The minimum atomic E-state index is -3.91. The second-order valence-corrected chi connectivity index (χ2v) is 9.30. The van der Waals surface area contributed by atoms with Gasteiger partial charge in [0.2, 0.25) is 0 Å². The lowest BCUT2D eigenvalue weighted by molar-refractivity contribution is -0.0196. The van der Waals surface area contributed by atoms with E-state index in [9.17, 15) is 13.5 Å². The second-order valence-electron chi connectivity index (χ2n) is 7.41. The van der Waals surface area contributed by atoms with Crippen LogP contribution in [-0.4, -0.2) is 31.0 Å². The van der Waals surface area contributed by atoms with Gasteiger partial charge in [-0.3, -0.25) is 4.31 Å². The van der Waals surface area contributed by atoms with Crippen LogP contribution in [0.1, 0.15) is 16.7 Å². The van der Waals surface area contributed by atoms with E-state index in [4.69, 9.17) is 4.74 Å². The maximum absolute atomic E-state index is 13.5. The van der Waals surface area contributed by atoms with Gasteiger partial charge >= 0.3 is 0 Å². The molecule has 4 rings (SSSR count). The predicted molar refractivity (Wildman–Crippen MR) is 116 cm³/mol. The van der Waals surface area contributed by atoms with Crippen LogP contribution in [0.3, 0.4) is 0 Å². The summed E-state index contributed by atoms with van der Waals surface area (Å²) >= 11 is 0. The minimum Gasteiger partial charge on any atom is -0.488 e. The van der Waals surface area contributed by atoms with Crippen molar-refractivity contribution in [1.82, 2.24) is 4.31 Å². The molecule has 154 valence electrons. The zero-order valence-corrected chi connectivity index (χ0v) is 17.4. The van der Waals surface area contributed by atoms with Crippen molar-refractivity contribution in [2.24, 2.45) is 0 Å². The third-order valence-electron chi connectivity index (χ3n) is 5.14. The smallest absolute Gasteiger partial charge is 0.264 e. The number of benzene rings is 3. The van der Waals surface area contributed by atoms with Gasteiger partial charge in [-0.05, 0) is 24.6 Å². The SMILES string of the molecule is Cc1ccc(S(=O)(=O)N2C=C(c3ccccc3)OCC(O)(c3ccccc3)C2)cc1. The second kappa shape index (κ2) is 7.97. The molecule has 5 nitrogen and oxygen atoms in total. The molecule has 0 fully saturated rings. The van der Waals surface area contributed by atoms with Crippen molar-refractivity contribution in [3.05, 3.63) is 108 Å². The van der Waals surface area contributed by atoms with Gasteiger partial charge in [-0.2, -0.15) is 0 Å². The fourth-order valence-electron chi connectivity index (χ4n) is 3.40. The van der Waals surface area contributed by atoms with Crippen molar-refractivity contribution in [2.75, 3.05) is 13.2 Å². The van der Waals surface area contributed by atoms with Gasteiger partial charge in [0.25, 0.3) is 10.0 Å². The van der Waals surface area contributed by atoms with E-state index in [1.165, 1.54) is 10.5 Å². The third kappa shape index (κ3) is 3.97. The molecule has 30 heavy (non-hydrogen) atoms. The highest BCUT2D eigenvalue weighted by atomic mass is 32.2. The summed E-state index contributed by atoms with van der Waals surface area (Å²) in [5.41, 5.74) is 0.789. The molecule has 0 spiro atoms. The maximum atomic E-state index is 13.5. The van der Waals surface area contributed by atoms with E-state index >= 15 is 0 Å². The first-order valence-electron chi connectivity index (χ1n) is 9.65. The Morgan fingerprint density at radius 2 is 1.50 bits per heavy atom. The molecular formula is C24H23NO4S. The standard InChI is InChI=1S/C24H23NO4S/c1-19-12-14-22(15-13-19)30(27,28)25-16-23(20-8-4-2-5-9-20)29-18-24(26,17-25)21-10-6-3-7-11-21/h2-16,26H,17-18H2,1H3. The van der Waals surface area contributed by atoms with Crippen LogP contribution in [0.15, 0.2) is 96.0 Å². The molecule has 1 unspecified atom stereocenters. The number of ether oxygens (including phenoxy) is 1. The molecule has 1 heterocycles. The number of hydrogen-bond acceptors (Lipinski definition) is 4. The van der Waals surface area contributed by atoms with E-state index in [0.717, 1.165) is 11.1 Å². The topological polar surface area (TPSA) is 66.8 Å². The van der Waals surface area contributed by atoms with Gasteiger partial charge in [0.15, 0.2) is 0 Å². The normalized spacial score (nSPS) is 19.5. The minimum absolute atomic E-state index is 0.0718. The molecule has 0 aliphatic carbocycles. The number of aryl methyl sites for hydroxylation is 1. The van der Waals surface area contributed by atoms with E-state index in [1.54, 1.807) is 36.4 Å². The van der Waals surface area contributed by atoms with Gasteiger partial charge in [0.1, 0.15) is 18.0 Å². The van der Waals surface area contributed by atoms with Crippen LogP contribution >= 0.6 is 0 Å². The highest BCUT2D eigenvalue weighted by Gasteiger charge is 2.39. The van der Waals surface area contributed by atoms with Crippen molar-refractivity contribution in [3.8, 4) is 0 Å². The predicted octanol–water partition coefficient (Wildman–Crippen LogP) is 3.90. The third-order valence-corrected chi connectivity index (χ3v) is 6.86. The maximum Gasteiger partial charge on any atom is 0.264 e. The summed E-state index contributed by atoms with van der Waals surface area (Å²) in [6, 6.07) is 24.9. The van der Waals surface area contributed by atoms with E-state index in [-0.39, 0.29) is 18.0 Å². The highest BCUT2D eigenvalue weighted by molar-refractivity contribution is 7.89. The molecular weight excluding hydrogens is 398 g/mol. The fourth-order valence-corrected chi connectivity index (χ4v) is 4.77. The molecule has 6 heteroatoms. The van der Waals surface area contributed by atoms with Gasteiger partial charge in [-0.15, -0.1) is 0 Å². The molecule has 1 N–H and O–H groups in total. The van der Waals surface area contributed by atoms with Gasteiger partial charge in [-0.25, -0.2) is 8.42 Å². The van der Waals surface area contributed by atoms with Gasteiger partial charge in [-0.1, -0.05) is 78.4 Å². The number of nitrogens with zero attached hydrogens (tertiary/aromatic N) is 1. The molecule has 0 saturated carbocycles. The van der Waals surface area contributed by atoms with Gasteiger partial charge in [0.05, 0.1) is 17.6 Å². The first kappa shape index (κ1) is 20.2. The highest BCUT2D eigenvalue weighted by Crippen LogP contribution is 2.33. The van der Waals surface area contributed by atoms with Gasteiger partial charge < -0.3 is 9.84 Å². The molecule has 1 atom stereocenters. The first-order valence-corrected chi connectivity index (χ1v) is 11.1. The lowest BCUT2D eigenvalue weighted by Gasteiger charge is -2.30. The summed E-state index contributed by atoms with van der Waals surface area (Å²) < 4.78 is 34.0. The fraction of sp³-hybridized carbons (Fsp3) is 0.167.